The van der Waals surface area contributed by atoms with Crippen molar-refractivity contribution >= 4 is 40.0 Å². The molecule has 7 nitrogen and oxygen atoms in total. The van der Waals surface area contributed by atoms with Crippen LogP contribution >= 0.6 is 11.3 Å². The van der Waals surface area contributed by atoms with E-state index >= 15 is 0 Å². The Morgan fingerprint density at radius 2 is 1.85 bits per heavy atom. The number of aromatic nitrogens is 1. The average molecular weight is 481 g/mol. The monoisotopic (exact) mass is 480 g/mol. The molecule has 4 amide bonds. The summed E-state index contributed by atoms with van der Waals surface area (Å²) < 4.78 is 13.5. The zero-order chi connectivity index (χ0) is 24.3. The van der Waals surface area contributed by atoms with Crippen molar-refractivity contribution in [3.05, 3.63) is 77.1 Å². The molecule has 0 aliphatic carbocycles. The van der Waals surface area contributed by atoms with Crippen molar-refractivity contribution in [2.24, 2.45) is 0 Å². The van der Waals surface area contributed by atoms with Gasteiger partial charge < -0.3 is 5.32 Å². The van der Waals surface area contributed by atoms with E-state index in [1.807, 2.05) is 37.3 Å². The van der Waals surface area contributed by atoms with Crippen LogP contribution in [-0.2, 0) is 21.7 Å². The first-order valence-corrected chi connectivity index (χ1v) is 11.9. The molecule has 1 aromatic heterocycles. The lowest BCUT2D eigenvalue weighted by Crippen LogP contribution is -2.44. The van der Waals surface area contributed by atoms with Crippen LogP contribution in [0.2, 0.25) is 0 Å². The van der Waals surface area contributed by atoms with Gasteiger partial charge in [-0.3, -0.25) is 19.4 Å². The summed E-state index contributed by atoms with van der Waals surface area (Å²) in [4.78, 5) is 45.9. The van der Waals surface area contributed by atoms with Gasteiger partial charge in [-0.1, -0.05) is 50.1 Å². The van der Waals surface area contributed by atoms with E-state index < -0.39 is 23.3 Å². The number of para-hydroxylation sites is 1. The molecule has 1 saturated heterocycles. The fourth-order valence-corrected chi connectivity index (χ4v) is 4.97. The van der Waals surface area contributed by atoms with Gasteiger partial charge in [-0.05, 0) is 36.2 Å². The standard InChI is InChI=1S/C25H25FN4O3S/c1-3-4-14-25(18-10-12-19(26)13-11-18)22(32)29(23(33)28-25)15-20-16-34-24(27-20)30(17(2)31)21-8-6-5-7-9-21/h5-13,16H,3-4,14-15H2,1-2H3,(H,28,33). The number of hydrogen-bond donors (Lipinski definition) is 1. The Kier molecular flexibility index (Phi) is 6.74. The number of imide groups is 1. The number of halogens is 1. The molecule has 3 aromatic rings. The van der Waals surface area contributed by atoms with Gasteiger partial charge in [0.1, 0.15) is 11.4 Å². The number of amides is 4. The van der Waals surface area contributed by atoms with Crippen LogP contribution in [0.25, 0.3) is 0 Å². The van der Waals surface area contributed by atoms with Crippen molar-refractivity contribution in [1.82, 2.24) is 15.2 Å². The van der Waals surface area contributed by atoms with Gasteiger partial charge in [0, 0.05) is 12.3 Å². The Bertz CT molecular complexity index is 1200. The Morgan fingerprint density at radius 1 is 1.15 bits per heavy atom. The minimum absolute atomic E-state index is 0.0310. The SMILES string of the molecule is CCCCC1(c2ccc(F)cc2)NC(=O)N(Cc2csc(N(C(C)=O)c3ccccc3)n2)C1=O. The van der Waals surface area contributed by atoms with E-state index in [9.17, 15) is 18.8 Å². The summed E-state index contributed by atoms with van der Waals surface area (Å²) in [7, 11) is 0. The Balaban J connectivity index is 1.60. The molecule has 0 spiro atoms. The van der Waals surface area contributed by atoms with Gasteiger partial charge in [0.2, 0.25) is 5.91 Å². The van der Waals surface area contributed by atoms with E-state index in [0.717, 1.165) is 11.3 Å². The fraction of sp³-hybridized carbons (Fsp3) is 0.280. The van der Waals surface area contributed by atoms with E-state index in [-0.39, 0.29) is 12.5 Å². The predicted octanol–water partition coefficient (Wildman–Crippen LogP) is 5.10. The Labute approximate surface area is 201 Å². The highest BCUT2D eigenvalue weighted by Crippen LogP contribution is 2.36. The molecule has 0 radical (unpaired) electrons. The first kappa shape index (κ1) is 23.6. The molecule has 1 unspecified atom stereocenters. The summed E-state index contributed by atoms with van der Waals surface area (Å²) in [6, 6.07) is 14.3. The molecule has 2 aromatic carbocycles. The number of benzene rings is 2. The highest BCUT2D eigenvalue weighted by Gasteiger charge is 2.52. The zero-order valence-electron chi connectivity index (χ0n) is 19.0. The van der Waals surface area contributed by atoms with Crippen LogP contribution in [0.3, 0.4) is 0 Å². The lowest BCUT2D eigenvalue weighted by Gasteiger charge is -2.27. The van der Waals surface area contributed by atoms with Gasteiger partial charge in [-0.2, -0.15) is 0 Å². The molecule has 0 saturated carbocycles. The number of hydrogen-bond acceptors (Lipinski definition) is 5. The number of carbonyl (C=O) groups excluding carboxylic acids is 3. The van der Waals surface area contributed by atoms with E-state index in [2.05, 4.69) is 10.3 Å². The first-order valence-electron chi connectivity index (χ1n) is 11.1. The second-order valence-electron chi connectivity index (χ2n) is 8.15. The smallest absolute Gasteiger partial charge is 0.319 e. The van der Waals surface area contributed by atoms with Crippen LogP contribution in [0.5, 0.6) is 0 Å². The number of rotatable bonds is 8. The topological polar surface area (TPSA) is 82.6 Å². The number of thiazole rings is 1. The molecule has 4 rings (SSSR count). The van der Waals surface area contributed by atoms with Crippen molar-refractivity contribution in [3.63, 3.8) is 0 Å². The number of anilines is 2. The highest BCUT2D eigenvalue weighted by atomic mass is 32.1. The molecule has 34 heavy (non-hydrogen) atoms. The van der Waals surface area contributed by atoms with E-state index in [4.69, 9.17) is 0 Å². The average Bonchev–Trinajstić information content (AvgIpc) is 3.37. The molecule has 1 fully saturated rings. The van der Waals surface area contributed by atoms with Crippen LogP contribution in [0.1, 0.15) is 44.4 Å². The number of nitrogens with one attached hydrogen (secondary N) is 1. The molecular formula is C25H25FN4O3S. The molecule has 1 aliphatic heterocycles. The summed E-state index contributed by atoms with van der Waals surface area (Å²) >= 11 is 1.26. The van der Waals surface area contributed by atoms with Crippen molar-refractivity contribution in [2.75, 3.05) is 4.90 Å². The third-order valence-corrected chi connectivity index (χ3v) is 6.67. The molecular weight excluding hydrogens is 455 g/mol. The molecule has 9 heteroatoms. The summed E-state index contributed by atoms with van der Waals surface area (Å²) in [5.41, 5.74) is 0.487. The molecule has 2 heterocycles. The third kappa shape index (κ3) is 4.43. The summed E-state index contributed by atoms with van der Waals surface area (Å²) in [6.45, 7) is 3.43. The maximum atomic E-state index is 13.6. The van der Waals surface area contributed by atoms with Crippen LogP contribution in [-0.4, -0.2) is 27.7 Å². The van der Waals surface area contributed by atoms with Gasteiger partial charge in [-0.15, -0.1) is 11.3 Å². The minimum Gasteiger partial charge on any atom is -0.319 e. The number of unbranched alkanes of at least 4 members (excludes halogenated alkanes) is 1. The van der Waals surface area contributed by atoms with Crippen molar-refractivity contribution in [1.29, 1.82) is 0 Å². The summed E-state index contributed by atoms with van der Waals surface area (Å²) in [5.74, 6) is -0.998. The maximum Gasteiger partial charge on any atom is 0.325 e. The van der Waals surface area contributed by atoms with Gasteiger partial charge in [0.25, 0.3) is 5.91 Å². The fourth-order valence-electron chi connectivity index (χ4n) is 4.09. The third-order valence-electron chi connectivity index (χ3n) is 5.80. The largest absolute Gasteiger partial charge is 0.325 e. The lowest BCUT2D eigenvalue weighted by atomic mass is 9.85. The first-order chi connectivity index (χ1) is 16.4. The normalized spacial score (nSPS) is 17.7. The summed E-state index contributed by atoms with van der Waals surface area (Å²) in [6.07, 6.45) is 1.95. The van der Waals surface area contributed by atoms with Crippen LogP contribution in [0, 0.1) is 5.82 Å². The molecule has 176 valence electrons. The van der Waals surface area contributed by atoms with Crippen molar-refractivity contribution in [3.8, 4) is 0 Å². The second-order valence-corrected chi connectivity index (χ2v) is 8.99. The van der Waals surface area contributed by atoms with Crippen LogP contribution in [0.15, 0.2) is 60.0 Å². The van der Waals surface area contributed by atoms with Crippen LogP contribution in [0.4, 0.5) is 20.0 Å². The number of urea groups is 1. The summed E-state index contributed by atoms with van der Waals surface area (Å²) in [5, 5.41) is 5.05. The van der Waals surface area contributed by atoms with E-state index in [1.165, 1.54) is 47.4 Å². The Hall–Kier alpha value is -3.59. The second kappa shape index (κ2) is 9.72. The zero-order valence-corrected chi connectivity index (χ0v) is 19.8. The van der Waals surface area contributed by atoms with Crippen molar-refractivity contribution in [2.45, 2.75) is 45.2 Å². The predicted molar refractivity (Wildman–Crippen MR) is 128 cm³/mol. The highest BCUT2D eigenvalue weighted by molar-refractivity contribution is 7.14. The van der Waals surface area contributed by atoms with Gasteiger partial charge in [0.05, 0.1) is 17.9 Å². The van der Waals surface area contributed by atoms with Gasteiger partial charge in [-0.25, -0.2) is 14.2 Å². The van der Waals surface area contributed by atoms with E-state index in [0.29, 0.717) is 34.9 Å². The number of nitrogens with zero attached hydrogens (tertiary/aromatic N) is 3. The molecule has 1 atom stereocenters. The number of carbonyl (C=O) groups is 3. The van der Waals surface area contributed by atoms with Gasteiger partial charge >= 0.3 is 6.03 Å². The molecule has 0 bridgehead atoms. The lowest BCUT2D eigenvalue weighted by molar-refractivity contribution is -0.132. The molecule has 1 aliphatic rings. The quantitative estimate of drug-likeness (QED) is 0.455. The minimum atomic E-state index is -1.24. The van der Waals surface area contributed by atoms with Crippen LogP contribution < -0.4 is 10.2 Å². The van der Waals surface area contributed by atoms with E-state index in [1.54, 1.807) is 5.38 Å². The Morgan fingerprint density at radius 3 is 2.50 bits per heavy atom. The molecule has 1 N–H and O–H groups in total. The van der Waals surface area contributed by atoms with Gasteiger partial charge in [0.15, 0.2) is 5.13 Å². The van der Waals surface area contributed by atoms with Crippen molar-refractivity contribution < 1.29 is 18.8 Å². The maximum absolute atomic E-state index is 13.6.